The molecule has 58 heavy (non-hydrogen) atoms. The van der Waals surface area contributed by atoms with Crippen molar-refractivity contribution in [1.29, 1.82) is 0 Å². The van der Waals surface area contributed by atoms with Crippen LogP contribution < -0.4 is 46.9 Å². The molecule has 3 heterocycles. The summed E-state index contributed by atoms with van der Waals surface area (Å²) in [5.41, 5.74) is 16.3. The molecule has 2 nitrogen and oxygen atoms in total. The Hall–Kier alpha value is -7.14. The first kappa shape index (κ1) is 33.0. The summed E-state index contributed by atoms with van der Waals surface area (Å²) in [4.78, 5) is 5.06. The Balaban J connectivity index is 1.24. The minimum absolute atomic E-state index is 0.00760. The van der Waals surface area contributed by atoms with Crippen molar-refractivity contribution >= 4 is 86.0 Å². The minimum Gasteiger partial charge on any atom is -0.311 e. The lowest BCUT2D eigenvalue weighted by atomic mass is 9.33. The zero-order valence-corrected chi connectivity index (χ0v) is 32.8. The molecule has 3 aliphatic heterocycles. The van der Waals surface area contributed by atoms with E-state index in [-0.39, 0.29) is 6.71 Å². The van der Waals surface area contributed by atoms with Gasteiger partial charge in [0.05, 0.1) is 0 Å². The van der Waals surface area contributed by atoms with Gasteiger partial charge in [0.15, 0.2) is 8.07 Å². The molecule has 0 spiro atoms. The average Bonchev–Trinajstić information content (AvgIpc) is 3.59. The Morgan fingerprint density at radius 3 is 1.45 bits per heavy atom. The Labute approximate surface area is 341 Å². The lowest BCUT2D eigenvalue weighted by Gasteiger charge is -2.45. The summed E-state index contributed by atoms with van der Waals surface area (Å²) in [5.74, 6) is 0. The third kappa shape index (κ3) is 4.67. The van der Waals surface area contributed by atoms with Crippen LogP contribution in [0.15, 0.2) is 224 Å². The van der Waals surface area contributed by atoms with Crippen molar-refractivity contribution in [2.75, 3.05) is 9.80 Å². The quantitative estimate of drug-likeness (QED) is 0.162. The van der Waals surface area contributed by atoms with Crippen molar-refractivity contribution < 1.29 is 0 Å². The van der Waals surface area contributed by atoms with Crippen LogP contribution in [0.2, 0.25) is 0 Å². The molecule has 3 aliphatic rings. The summed E-state index contributed by atoms with van der Waals surface area (Å²) in [7, 11) is -2.76. The zero-order valence-electron chi connectivity index (χ0n) is 31.8. The van der Waals surface area contributed by atoms with Crippen LogP contribution in [0.1, 0.15) is 0 Å². The zero-order chi connectivity index (χ0) is 38.2. The van der Waals surface area contributed by atoms with E-state index in [0.29, 0.717) is 0 Å². The van der Waals surface area contributed by atoms with Crippen molar-refractivity contribution in [1.82, 2.24) is 0 Å². The fourth-order valence-electron chi connectivity index (χ4n) is 10.4. The van der Waals surface area contributed by atoms with Gasteiger partial charge in [-0.3, -0.25) is 0 Å². The smallest absolute Gasteiger partial charge is 0.252 e. The number of anilines is 6. The molecular weight excluding hydrogens is 716 g/mol. The summed E-state index contributed by atoms with van der Waals surface area (Å²) in [6, 6.07) is 84.0. The molecule has 12 rings (SSSR count). The molecule has 0 atom stereocenters. The van der Waals surface area contributed by atoms with Crippen LogP contribution in [0.4, 0.5) is 34.1 Å². The van der Waals surface area contributed by atoms with Crippen LogP contribution in [0.5, 0.6) is 0 Å². The average molecular weight is 753 g/mol. The molecule has 0 aromatic heterocycles. The third-order valence-corrected chi connectivity index (χ3v) is 17.6. The normalized spacial score (nSPS) is 13.9. The highest BCUT2D eigenvalue weighted by Gasteiger charge is 2.51. The van der Waals surface area contributed by atoms with E-state index in [2.05, 4.69) is 234 Å². The predicted octanol–water partition coefficient (Wildman–Crippen LogP) is 8.79. The molecule has 0 fully saturated rings. The number of para-hydroxylation sites is 3. The van der Waals surface area contributed by atoms with E-state index in [1.165, 1.54) is 82.1 Å². The van der Waals surface area contributed by atoms with Crippen molar-refractivity contribution in [3.8, 4) is 22.3 Å². The van der Waals surface area contributed by atoms with Gasteiger partial charge in [-0.05, 0) is 108 Å². The van der Waals surface area contributed by atoms with Gasteiger partial charge in [0.25, 0.3) is 6.71 Å². The van der Waals surface area contributed by atoms with E-state index in [1.54, 1.807) is 0 Å². The lowest BCUT2D eigenvalue weighted by molar-refractivity contribution is 1.25. The number of hydrogen-bond acceptors (Lipinski definition) is 2. The molecule has 0 N–H and O–H groups in total. The molecular formula is C54H37BN2Si. The Morgan fingerprint density at radius 1 is 0.328 bits per heavy atom. The number of rotatable bonds is 5. The van der Waals surface area contributed by atoms with Crippen molar-refractivity contribution in [2.24, 2.45) is 0 Å². The van der Waals surface area contributed by atoms with Gasteiger partial charge in [-0.2, -0.15) is 0 Å². The minimum atomic E-state index is -2.76. The van der Waals surface area contributed by atoms with Crippen molar-refractivity contribution in [3.63, 3.8) is 0 Å². The second-order valence-corrected chi connectivity index (χ2v) is 19.3. The number of nitrogens with zero attached hydrogens (tertiary/aromatic N) is 2. The molecule has 0 saturated carbocycles. The molecule has 0 unspecified atom stereocenters. The monoisotopic (exact) mass is 752 g/mol. The Kier molecular flexibility index (Phi) is 7.38. The Bertz CT molecular complexity index is 2970. The molecule has 4 heteroatoms. The summed E-state index contributed by atoms with van der Waals surface area (Å²) in [6.07, 6.45) is 0. The fraction of sp³-hybridized carbons (Fsp3) is 0. The molecule has 0 radical (unpaired) electrons. The second kappa shape index (κ2) is 13.0. The van der Waals surface area contributed by atoms with Crippen molar-refractivity contribution in [3.05, 3.63) is 224 Å². The first-order valence-electron chi connectivity index (χ1n) is 20.2. The van der Waals surface area contributed by atoms with Crippen LogP contribution >= 0.6 is 0 Å². The number of hydrogen-bond donors (Lipinski definition) is 0. The summed E-state index contributed by atoms with van der Waals surface area (Å²) in [6.45, 7) is 0.00760. The highest BCUT2D eigenvalue weighted by Crippen LogP contribution is 2.47. The third-order valence-electron chi connectivity index (χ3n) is 12.7. The summed E-state index contributed by atoms with van der Waals surface area (Å²) in [5, 5.41) is 5.75. The van der Waals surface area contributed by atoms with Gasteiger partial charge >= 0.3 is 0 Å². The molecule has 0 amide bonds. The predicted molar refractivity (Wildman–Crippen MR) is 249 cm³/mol. The van der Waals surface area contributed by atoms with E-state index < -0.39 is 8.07 Å². The topological polar surface area (TPSA) is 6.48 Å². The Morgan fingerprint density at radius 2 is 0.828 bits per heavy atom. The van der Waals surface area contributed by atoms with Gasteiger partial charge in [-0.25, -0.2) is 0 Å². The highest BCUT2D eigenvalue weighted by atomic mass is 28.3. The molecule has 0 saturated heterocycles. The molecule has 270 valence electrons. The van der Waals surface area contributed by atoms with E-state index in [1.807, 2.05) is 0 Å². The molecule has 0 bridgehead atoms. The second-order valence-electron chi connectivity index (χ2n) is 15.6. The number of benzene rings is 9. The van der Waals surface area contributed by atoms with Crippen LogP contribution in [0.3, 0.4) is 0 Å². The van der Waals surface area contributed by atoms with Gasteiger partial charge in [0.2, 0.25) is 0 Å². The lowest BCUT2D eigenvalue weighted by Crippen LogP contribution is -2.73. The van der Waals surface area contributed by atoms with E-state index >= 15 is 0 Å². The van der Waals surface area contributed by atoms with Crippen LogP contribution in [0, 0.1) is 0 Å². The first-order chi connectivity index (χ1) is 28.8. The van der Waals surface area contributed by atoms with E-state index in [0.717, 1.165) is 11.4 Å². The summed E-state index contributed by atoms with van der Waals surface area (Å²) < 4.78 is 0. The van der Waals surface area contributed by atoms with E-state index in [4.69, 9.17) is 0 Å². The molecule has 9 aromatic carbocycles. The van der Waals surface area contributed by atoms with Gasteiger partial charge in [-0.1, -0.05) is 176 Å². The fourth-order valence-corrected chi connectivity index (χ4v) is 15.6. The van der Waals surface area contributed by atoms with Gasteiger partial charge < -0.3 is 9.80 Å². The maximum atomic E-state index is 2.66. The maximum Gasteiger partial charge on any atom is 0.252 e. The van der Waals surface area contributed by atoms with Crippen LogP contribution in [-0.2, 0) is 0 Å². The van der Waals surface area contributed by atoms with Gasteiger partial charge in [0, 0.05) is 34.1 Å². The van der Waals surface area contributed by atoms with Crippen LogP contribution in [0.25, 0.3) is 22.3 Å². The maximum absolute atomic E-state index is 2.76. The van der Waals surface area contributed by atoms with Crippen molar-refractivity contribution in [2.45, 2.75) is 0 Å². The molecule has 0 aliphatic carbocycles. The van der Waals surface area contributed by atoms with E-state index in [9.17, 15) is 0 Å². The molecule has 9 aromatic rings. The van der Waals surface area contributed by atoms with Gasteiger partial charge in [0.1, 0.15) is 0 Å². The summed E-state index contributed by atoms with van der Waals surface area (Å²) >= 11 is 0. The van der Waals surface area contributed by atoms with Crippen LogP contribution in [-0.4, -0.2) is 14.8 Å². The first-order valence-corrected chi connectivity index (χ1v) is 22.2. The largest absolute Gasteiger partial charge is 0.311 e. The highest BCUT2D eigenvalue weighted by molar-refractivity contribution is 7.22. The SMILES string of the molecule is c1ccc(-c2cc3c4c(c2)N(c2ccccc2)c2cc5c(cc2B4c2ccccc2N3c2ccccc2)[Si](c2ccccc2)(c2ccccc2)c2ccccc2-5)cc1. The van der Waals surface area contributed by atoms with Gasteiger partial charge in [-0.15, -0.1) is 0 Å². The standard InChI is InChI=1S/C54H37BN2Si/c1-6-20-38(21-7-1)39-34-50-54-51(35-39)57(41-24-10-3-11-25-41)49-36-45-44-30-16-19-33-52(44)58(42-26-12-4-13-27-42,43-28-14-5-15-29-43)53(45)37-47(49)55(54)46-31-17-18-32-48(46)56(50)40-22-8-2-9-23-40/h1-37H. The number of fused-ring (bicyclic) bond motifs is 7.